The number of ether oxygens (including phenoxy) is 1. The van der Waals surface area contributed by atoms with Crippen molar-refractivity contribution in [2.24, 2.45) is 0 Å². The third-order valence-corrected chi connectivity index (χ3v) is 7.70. The van der Waals surface area contributed by atoms with Crippen molar-refractivity contribution in [1.29, 1.82) is 0 Å². The Bertz CT molecular complexity index is 1760. The molecular weight excluding hydrogens is 552 g/mol. The second-order valence-corrected chi connectivity index (χ2v) is 10.5. The molecule has 43 heavy (non-hydrogen) atoms. The van der Waals surface area contributed by atoms with Gasteiger partial charge in [-0.15, -0.1) is 0 Å². The molecule has 2 aliphatic rings. The highest BCUT2D eigenvalue weighted by molar-refractivity contribution is 6.25. The highest BCUT2D eigenvalue weighted by Crippen LogP contribution is 2.32. The minimum atomic E-state index is -1.02. The van der Waals surface area contributed by atoms with Crippen LogP contribution in [0.25, 0.3) is 21.8 Å². The van der Waals surface area contributed by atoms with Crippen molar-refractivity contribution in [3.05, 3.63) is 71.5 Å². The van der Waals surface area contributed by atoms with E-state index in [0.29, 0.717) is 44.8 Å². The summed E-state index contributed by atoms with van der Waals surface area (Å²) in [7, 11) is 0. The van der Waals surface area contributed by atoms with E-state index >= 15 is 0 Å². The van der Waals surface area contributed by atoms with Crippen molar-refractivity contribution in [3.63, 3.8) is 0 Å². The molecule has 1 saturated heterocycles. The molecule has 12 nitrogen and oxygen atoms in total. The lowest BCUT2D eigenvalue weighted by Gasteiger charge is -2.27. The summed E-state index contributed by atoms with van der Waals surface area (Å²) in [6.07, 6.45) is 4.73. The summed E-state index contributed by atoms with van der Waals surface area (Å²) >= 11 is 0. The smallest absolute Gasteiger partial charge is 0.264 e. The predicted molar refractivity (Wildman–Crippen MR) is 157 cm³/mol. The lowest BCUT2D eigenvalue weighted by molar-refractivity contribution is -0.136. The number of nitrogens with one attached hydrogen (secondary N) is 4. The lowest BCUT2D eigenvalue weighted by Crippen LogP contribution is -2.54. The molecule has 0 bridgehead atoms. The lowest BCUT2D eigenvalue weighted by atomic mass is 10.0. The Hall–Kier alpha value is -5.10. The van der Waals surface area contributed by atoms with Gasteiger partial charge < -0.3 is 20.4 Å². The number of anilines is 1. The van der Waals surface area contributed by atoms with Gasteiger partial charge in [-0.1, -0.05) is 18.2 Å². The summed E-state index contributed by atoms with van der Waals surface area (Å²) in [5, 5.41) is 10.4. The predicted octanol–water partition coefficient (Wildman–Crippen LogP) is 2.29. The monoisotopic (exact) mass is 582 g/mol. The Morgan fingerprint density at radius 3 is 2.72 bits per heavy atom. The molecule has 0 saturated carbocycles. The average Bonchev–Trinajstić information content (AvgIpc) is 3.50. The fourth-order valence-corrected chi connectivity index (χ4v) is 5.58. The van der Waals surface area contributed by atoms with Crippen LogP contribution in [0.5, 0.6) is 0 Å². The van der Waals surface area contributed by atoms with Crippen LogP contribution in [-0.2, 0) is 25.5 Å². The van der Waals surface area contributed by atoms with E-state index in [2.05, 4.69) is 38.1 Å². The number of nitrogens with zero attached hydrogens (tertiary/aromatic N) is 2. The number of hydrogen-bond donors (Lipinski definition) is 4. The number of carbonyl (C=O) groups excluding carboxylic acids is 5. The van der Waals surface area contributed by atoms with E-state index in [1.165, 1.54) is 0 Å². The maximum Gasteiger partial charge on any atom is 0.264 e. The zero-order chi connectivity index (χ0) is 29.9. The van der Waals surface area contributed by atoms with Gasteiger partial charge in [-0.3, -0.25) is 39.2 Å². The summed E-state index contributed by atoms with van der Waals surface area (Å²) in [4.78, 5) is 70.7. The van der Waals surface area contributed by atoms with Gasteiger partial charge in [0.1, 0.15) is 6.04 Å². The van der Waals surface area contributed by atoms with E-state index in [1.807, 2.05) is 18.3 Å². The molecule has 6 rings (SSSR count). The molecular formula is C31H30N6O6. The fourth-order valence-electron chi connectivity index (χ4n) is 5.58. The van der Waals surface area contributed by atoms with Crippen LogP contribution in [0.2, 0.25) is 0 Å². The SMILES string of the molecule is O=C(CCc1ccc2c(c1)[nH]c1ccncc12)NCCOCCNc1cccc2c1C(=O)N(C1CCC(=O)NC1=O)C2=O. The second-order valence-electron chi connectivity index (χ2n) is 10.5. The fraction of sp³-hybridized carbons (Fsp3) is 0.290. The summed E-state index contributed by atoms with van der Waals surface area (Å²) in [5.74, 6) is -2.25. The van der Waals surface area contributed by atoms with Crippen LogP contribution >= 0.6 is 0 Å². The number of pyridine rings is 1. The molecule has 220 valence electrons. The van der Waals surface area contributed by atoms with Gasteiger partial charge in [0, 0.05) is 65.8 Å². The molecule has 4 heterocycles. The molecule has 2 aliphatic heterocycles. The Morgan fingerprint density at radius 1 is 1.00 bits per heavy atom. The van der Waals surface area contributed by atoms with Gasteiger partial charge in [-0.05, 0) is 42.7 Å². The maximum absolute atomic E-state index is 13.2. The topological polar surface area (TPSA) is 163 Å². The van der Waals surface area contributed by atoms with Crippen LogP contribution in [0.4, 0.5) is 5.69 Å². The third kappa shape index (κ3) is 5.69. The number of aryl methyl sites for hydroxylation is 1. The van der Waals surface area contributed by atoms with Gasteiger partial charge in [0.2, 0.25) is 17.7 Å². The number of rotatable bonds is 11. The van der Waals surface area contributed by atoms with E-state index in [4.69, 9.17) is 4.74 Å². The number of imide groups is 2. The largest absolute Gasteiger partial charge is 0.382 e. The Morgan fingerprint density at radius 2 is 1.86 bits per heavy atom. The van der Waals surface area contributed by atoms with Crippen molar-refractivity contribution >= 4 is 57.0 Å². The summed E-state index contributed by atoms with van der Waals surface area (Å²) < 4.78 is 5.62. The molecule has 5 amide bonds. The summed E-state index contributed by atoms with van der Waals surface area (Å²) in [5.41, 5.74) is 3.99. The first kappa shape index (κ1) is 28.0. The quantitative estimate of drug-likeness (QED) is 0.155. The number of benzene rings is 2. The van der Waals surface area contributed by atoms with Crippen molar-refractivity contribution in [3.8, 4) is 0 Å². The van der Waals surface area contributed by atoms with Gasteiger partial charge in [0.25, 0.3) is 11.8 Å². The molecule has 2 aromatic heterocycles. The first-order valence-corrected chi connectivity index (χ1v) is 14.2. The first-order valence-electron chi connectivity index (χ1n) is 14.2. The zero-order valence-corrected chi connectivity index (χ0v) is 23.3. The number of piperidine rings is 1. The Balaban J connectivity index is 0.922. The highest BCUT2D eigenvalue weighted by atomic mass is 16.5. The number of amides is 5. The van der Waals surface area contributed by atoms with Crippen molar-refractivity contribution in [2.45, 2.75) is 31.7 Å². The van der Waals surface area contributed by atoms with Crippen LogP contribution in [0, 0.1) is 0 Å². The van der Waals surface area contributed by atoms with E-state index in [-0.39, 0.29) is 29.9 Å². The van der Waals surface area contributed by atoms with Crippen molar-refractivity contribution in [1.82, 2.24) is 25.5 Å². The van der Waals surface area contributed by atoms with Gasteiger partial charge in [-0.2, -0.15) is 0 Å². The number of hydrogen-bond acceptors (Lipinski definition) is 8. The minimum Gasteiger partial charge on any atom is -0.382 e. The summed E-state index contributed by atoms with van der Waals surface area (Å²) in [6.45, 7) is 1.34. The van der Waals surface area contributed by atoms with Crippen LogP contribution in [0.1, 0.15) is 45.5 Å². The maximum atomic E-state index is 13.2. The minimum absolute atomic E-state index is 0.0625. The number of H-pyrrole nitrogens is 1. The third-order valence-electron chi connectivity index (χ3n) is 7.70. The van der Waals surface area contributed by atoms with Crippen LogP contribution in [-0.4, -0.2) is 76.7 Å². The van der Waals surface area contributed by atoms with Gasteiger partial charge in [0.15, 0.2) is 0 Å². The molecule has 1 unspecified atom stereocenters. The average molecular weight is 583 g/mol. The molecule has 1 atom stereocenters. The van der Waals surface area contributed by atoms with Crippen LogP contribution in [0.15, 0.2) is 54.9 Å². The number of aromatic amines is 1. The van der Waals surface area contributed by atoms with Crippen LogP contribution < -0.4 is 16.0 Å². The molecule has 0 spiro atoms. The van der Waals surface area contributed by atoms with E-state index in [9.17, 15) is 24.0 Å². The molecule has 12 heteroatoms. The number of aromatic nitrogens is 2. The molecule has 1 fully saturated rings. The molecule has 4 N–H and O–H groups in total. The van der Waals surface area contributed by atoms with Gasteiger partial charge >= 0.3 is 0 Å². The summed E-state index contributed by atoms with van der Waals surface area (Å²) in [6, 6.07) is 12.0. The van der Waals surface area contributed by atoms with Crippen molar-refractivity contribution in [2.75, 3.05) is 31.6 Å². The Kier molecular flexibility index (Phi) is 7.84. The molecule has 4 aromatic rings. The van der Waals surface area contributed by atoms with Crippen molar-refractivity contribution < 1.29 is 28.7 Å². The van der Waals surface area contributed by atoms with Gasteiger partial charge in [0.05, 0.1) is 24.3 Å². The Labute approximate surface area is 246 Å². The normalized spacial score (nSPS) is 16.6. The second kappa shape index (κ2) is 12.0. The first-order chi connectivity index (χ1) is 20.9. The highest BCUT2D eigenvalue weighted by Gasteiger charge is 2.45. The standard InChI is InChI=1S/C31H30N6O6/c38-26(8-5-18-4-6-19-21-17-32-11-10-22(21)35-24(19)16-18)34-13-15-43-14-12-33-23-3-1-2-20-28(23)31(42)37(30(20)41)25-7-9-27(39)36-29(25)40/h1-4,6,10-11,16-17,25,33,35H,5,7-9,12-15H2,(H,34,38)(H,36,39,40). The molecule has 0 radical (unpaired) electrons. The molecule has 2 aromatic carbocycles. The van der Waals surface area contributed by atoms with Crippen LogP contribution in [0.3, 0.4) is 0 Å². The zero-order valence-electron chi connectivity index (χ0n) is 23.3. The van der Waals surface area contributed by atoms with E-state index in [0.717, 1.165) is 32.3 Å². The van der Waals surface area contributed by atoms with Gasteiger partial charge in [-0.25, -0.2) is 0 Å². The van der Waals surface area contributed by atoms with E-state index < -0.39 is 29.7 Å². The number of fused-ring (bicyclic) bond motifs is 4. The molecule has 0 aliphatic carbocycles. The number of carbonyl (C=O) groups is 5. The van der Waals surface area contributed by atoms with E-state index in [1.54, 1.807) is 24.4 Å².